The second kappa shape index (κ2) is 3.95. The van der Waals surface area contributed by atoms with Crippen LogP contribution in [0.1, 0.15) is 18.9 Å². The van der Waals surface area contributed by atoms with Gasteiger partial charge in [0.15, 0.2) is 0 Å². The first-order chi connectivity index (χ1) is 7.94. The quantitative estimate of drug-likeness (QED) is 0.756. The average Bonchev–Trinajstić information content (AvgIpc) is 2.66. The first-order valence-electron chi connectivity index (χ1n) is 5.84. The van der Waals surface area contributed by atoms with Gasteiger partial charge in [-0.15, -0.1) is 0 Å². The number of nitrogen functional groups attached to an aromatic ring is 1. The third-order valence-corrected chi connectivity index (χ3v) is 3.76. The van der Waals surface area contributed by atoms with Crippen LogP contribution in [0.15, 0.2) is 18.2 Å². The lowest BCUT2D eigenvalue weighted by Gasteiger charge is -2.24. The predicted molar refractivity (Wildman–Crippen MR) is 69.7 cm³/mol. The number of carbonyl (C=O) groups excluding carboxylic acids is 1. The monoisotopic (exact) mass is 233 g/mol. The molecule has 4 nitrogen and oxygen atoms in total. The molecule has 92 valence electrons. The van der Waals surface area contributed by atoms with Crippen molar-refractivity contribution in [2.45, 2.75) is 20.3 Å². The summed E-state index contributed by atoms with van der Waals surface area (Å²) < 4.78 is 0. The number of anilines is 2. The molecule has 1 aliphatic rings. The van der Waals surface area contributed by atoms with Gasteiger partial charge in [-0.05, 0) is 38.0 Å². The summed E-state index contributed by atoms with van der Waals surface area (Å²) in [7, 11) is 0. The normalized spacial score (nSPS) is 24.0. The van der Waals surface area contributed by atoms with Crippen LogP contribution in [0.4, 0.5) is 11.4 Å². The molecule has 0 bridgehead atoms. The summed E-state index contributed by atoms with van der Waals surface area (Å²) in [5.41, 5.74) is 13.9. The van der Waals surface area contributed by atoms with Crippen LogP contribution in [0.25, 0.3) is 0 Å². The Morgan fingerprint density at radius 1 is 1.47 bits per heavy atom. The molecule has 1 aromatic rings. The molecule has 1 amide bonds. The molecule has 1 aromatic carbocycles. The van der Waals surface area contributed by atoms with Crippen LogP contribution in [-0.2, 0) is 4.79 Å². The van der Waals surface area contributed by atoms with E-state index in [2.05, 4.69) is 4.90 Å². The van der Waals surface area contributed by atoms with Gasteiger partial charge in [-0.2, -0.15) is 0 Å². The van der Waals surface area contributed by atoms with Gasteiger partial charge >= 0.3 is 0 Å². The van der Waals surface area contributed by atoms with Gasteiger partial charge in [0.25, 0.3) is 0 Å². The fourth-order valence-electron chi connectivity index (χ4n) is 2.35. The van der Waals surface area contributed by atoms with Crippen molar-refractivity contribution in [3.63, 3.8) is 0 Å². The van der Waals surface area contributed by atoms with E-state index in [0.29, 0.717) is 6.54 Å². The zero-order chi connectivity index (χ0) is 12.6. The number of carbonyl (C=O) groups is 1. The van der Waals surface area contributed by atoms with Gasteiger partial charge in [0.2, 0.25) is 5.91 Å². The number of amides is 1. The Morgan fingerprint density at radius 2 is 2.18 bits per heavy atom. The predicted octanol–water partition coefficient (Wildman–Crippen LogP) is 1.28. The maximum atomic E-state index is 11.4. The zero-order valence-electron chi connectivity index (χ0n) is 10.4. The summed E-state index contributed by atoms with van der Waals surface area (Å²) in [5.74, 6) is -0.221. The van der Waals surface area contributed by atoms with E-state index in [1.165, 1.54) is 0 Å². The molecule has 17 heavy (non-hydrogen) atoms. The highest BCUT2D eigenvalue weighted by Crippen LogP contribution is 2.35. The molecule has 0 radical (unpaired) electrons. The zero-order valence-corrected chi connectivity index (χ0v) is 10.4. The molecular formula is C13H19N3O. The van der Waals surface area contributed by atoms with Crippen molar-refractivity contribution in [3.8, 4) is 0 Å². The number of rotatable bonds is 2. The molecule has 1 aliphatic heterocycles. The summed E-state index contributed by atoms with van der Waals surface area (Å²) in [5, 5.41) is 0. The molecule has 1 heterocycles. The van der Waals surface area contributed by atoms with Crippen molar-refractivity contribution in [2.75, 3.05) is 23.7 Å². The lowest BCUT2D eigenvalue weighted by Crippen LogP contribution is -2.37. The Bertz CT molecular complexity index is 458. The van der Waals surface area contributed by atoms with Crippen LogP contribution < -0.4 is 16.4 Å². The van der Waals surface area contributed by atoms with Crippen molar-refractivity contribution in [1.82, 2.24) is 0 Å². The molecule has 1 atom stereocenters. The molecule has 4 heteroatoms. The number of nitrogens with zero attached hydrogens (tertiary/aromatic N) is 1. The number of primary amides is 1. The minimum absolute atomic E-state index is 0.221. The first kappa shape index (κ1) is 11.8. The third kappa shape index (κ3) is 1.95. The van der Waals surface area contributed by atoms with Crippen molar-refractivity contribution in [2.24, 2.45) is 11.1 Å². The fourth-order valence-corrected chi connectivity index (χ4v) is 2.35. The second-order valence-electron chi connectivity index (χ2n) is 5.09. The van der Waals surface area contributed by atoms with Crippen molar-refractivity contribution < 1.29 is 4.79 Å². The van der Waals surface area contributed by atoms with Crippen LogP contribution in [0, 0.1) is 12.3 Å². The van der Waals surface area contributed by atoms with Gasteiger partial charge in [0.05, 0.1) is 5.41 Å². The van der Waals surface area contributed by atoms with Crippen LogP contribution >= 0.6 is 0 Å². The van der Waals surface area contributed by atoms with Gasteiger partial charge < -0.3 is 16.4 Å². The van der Waals surface area contributed by atoms with Crippen LogP contribution in [0.5, 0.6) is 0 Å². The molecule has 1 unspecified atom stereocenters. The van der Waals surface area contributed by atoms with Crippen molar-refractivity contribution in [1.29, 1.82) is 0 Å². The topological polar surface area (TPSA) is 72.3 Å². The maximum absolute atomic E-state index is 11.4. The average molecular weight is 233 g/mol. The Kier molecular flexibility index (Phi) is 2.73. The lowest BCUT2D eigenvalue weighted by molar-refractivity contribution is -0.125. The fraction of sp³-hybridized carbons (Fsp3) is 0.462. The summed E-state index contributed by atoms with van der Waals surface area (Å²) in [4.78, 5) is 13.6. The standard InChI is InChI=1S/C13H19N3O/c1-9-10(14)4-3-5-11(9)16-7-6-13(2,8-16)12(15)17/h3-5H,6-8,14H2,1-2H3,(H2,15,17). The summed E-state index contributed by atoms with van der Waals surface area (Å²) in [6.07, 6.45) is 0.802. The molecular weight excluding hydrogens is 214 g/mol. The summed E-state index contributed by atoms with van der Waals surface area (Å²) >= 11 is 0. The Labute approximate surface area is 102 Å². The van der Waals surface area contributed by atoms with Gasteiger partial charge in [-0.25, -0.2) is 0 Å². The Balaban J connectivity index is 2.27. The Morgan fingerprint density at radius 3 is 2.76 bits per heavy atom. The number of benzene rings is 1. The third-order valence-electron chi connectivity index (χ3n) is 3.76. The Hall–Kier alpha value is -1.71. The highest BCUT2D eigenvalue weighted by Gasteiger charge is 2.39. The molecule has 0 saturated carbocycles. The van der Waals surface area contributed by atoms with E-state index in [4.69, 9.17) is 11.5 Å². The van der Waals surface area contributed by atoms with E-state index in [-0.39, 0.29) is 5.91 Å². The molecule has 1 saturated heterocycles. The minimum atomic E-state index is -0.420. The van der Waals surface area contributed by atoms with Gasteiger partial charge in [0, 0.05) is 24.5 Å². The first-order valence-corrected chi connectivity index (χ1v) is 5.84. The molecule has 0 aromatic heterocycles. The highest BCUT2D eigenvalue weighted by atomic mass is 16.1. The molecule has 1 fully saturated rings. The summed E-state index contributed by atoms with van der Waals surface area (Å²) in [6, 6.07) is 5.87. The smallest absolute Gasteiger partial charge is 0.225 e. The maximum Gasteiger partial charge on any atom is 0.225 e. The molecule has 2 rings (SSSR count). The van der Waals surface area contributed by atoms with E-state index in [1.807, 2.05) is 32.0 Å². The van der Waals surface area contributed by atoms with Crippen molar-refractivity contribution in [3.05, 3.63) is 23.8 Å². The van der Waals surface area contributed by atoms with E-state index < -0.39 is 5.41 Å². The largest absolute Gasteiger partial charge is 0.398 e. The van der Waals surface area contributed by atoms with Gasteiger partial charge in [-0.3, -0.25) is 4.79 Å². The molecule has 0 aliphatic carbocycles. The van der Waals surface area contributed by atoms with E-state index in [0.717, 1.165) is 29.9 Å². The van der Waals surface area contributed by atoms with Gasteiger partial charge in [0.1, 0.15) is 0 Å². The van der Waals surface area contributed by atoms with Crippen LogP contribution in [0.3, 0.4) is 0 Å². The summed E-state index contributed by atoms with van der Waals surface area (Å²) in [6.45, 7) is 5.46. The number of hydrogen-bond acceptors (Lipinski definition) is 3. The van der Waals surface area contributed by atoms with E-state index in [1.54, 1.807) is 0 Å². The van der Waals surface area contributed by atoms with Crippen molar-refractivity contribution >= 4 is 17.3 Å². The van der Waals surface area contributed by atoms with E-state index >= 15 is 0 Å². The number of hydrogen-bond donors (Lipinski definition) is 2. The number of nitrogens with two attached hydrogens (primary N) is 2. The SMILES string of the molecule is Cc1c(N)cccc1N1CCC(C)(C(N)=O)C1. The highest BCUT2D eigenvalue weighted by molar-refractivity contribution is 5.82. The van der Waals surface area contributed by atoms with Gasteiger partial charge in [-0.1, -0.05) is 6.07 Å². The molecule has 0 spiro atoms. The minimum Gasteiger partial charge on any atom is -0.398 e. The second-order valence-corrected chi connectivity index (χ2v) is 5.09. The van der Waals surface area contributed by atoms with Crippen LogP contribution in [-0.4, -0.2) is 19.0 Å². The molecule has 4 N–H and O–H groups in total. The lowest BCUT2D eigenvalue weighted by atomic mass is 9.89. The van der Waals surface area contributed by atoms with E-state index in [9.17, 15) is 4.79 Å². The van der Waals surface area contributed by atoms with Crippen LogP contribution in [0.2, 0.25) is 0 Å².